The molecule has 2 heterocycles. The predicted molar refractivity (Wildman–Crippen MR) is 138 cm³/mol. The van der Waals surface area contributed by atoms with Crippen LogP contribution in [0.5, 0.6) is 0 Å². The van der Waals surface area contributed by atoms with E-state index in [1.165, 1.54) is 16.7 Å². The lowest BCUT2D eigenvalue weighted by atomic mass is 9.77. The SMILES string of the molecule is CC(C)(C)C(CCCC(=O)O)c1nc2cc(-c3cc(C4CC4)no3)ccc2c(=O)n1-c1ccc(F)cc1. The molecular weight excluding hydrogens is 473 g/mol. The zero-order chi connectivity index (χ0) is 26.3. The van der Waals surface area contributed by atoms with Gasteiger partial charge in [-0.15, -0.1) is 0 Å². The van der Waals surface area contributed by atoms with Crippen molar-refractivity contribution in [3.63, 3.8) is 0 Å². The molecule has 2 aromatic carbocycles. The van der Waals surface area contributed by atoms with E-state index < -0.39 is 11.8 Å². The van der Waals surface area contributed by atoms with Crippen LogP contribution in [0.1, 0.15) is 76.2 Å². The van der Waals surface area contributed by atoms with Crippen molar-refractivity contribution in [2.75, 3.05) is 0 Å². The van der Waals surface area contributed by atoms with Gasteiger partial charge < -0.3 is 9.63 Å². The number of nitrogens with zero attached hydrogens (tertiary/aromatic N) is 3. The summed E-state index contributed by atoms with van der Waals surface area (Å²) in [7, 11) is 0. The van der Waals surface area contributed by atoms with Crippen LogP contribution in [0, 0.1) is 11.2 Å². The molecule has 1 N–H and O–H groups in total. The molecule has 1 aliphatic carbocycles. The van der Waals surface area contributed by atoms with Gasteiger partial charge in [0.15, 0.2) is 5.76 Å². The van der Waals surface area contributed by atoms with Crippen molar-refractivity contribution >= 4 is 16.9 Å². The summed E-state index contributed by atoms with van der Waals surface area (Å²) in [5.41, 5.74) is 2.17. The van der Waals surface area contributed by atoms with E-state index in [0.717, 1.165) is 24.1 Å². The number of fused-ring (bicyclic) bond motifs is 1. The molecular formula is C29H30FN3O4. The van der Waals surface area contributed by atoms with Crippen LogP contribution in [-0.4, -0.2) is 25.8 Å². The predicted octanol–water partition coefficient (Wildman–Crippen LogP) is 6.44. The molecule has 1 aliphatic rings. The molecule has 0 saturated heterocycles. The van der Waals surface area contributed by atoms with Gasteiger partial charge in [0.1, 0.15) is 11.6 Å². The van der Waals surface area contributed by atoms with Crippen LogP contribution in [0.2, 0.25) is 0 Å². The molecule has 1 unspecified atom stereocenters. The number of carbonyl (C=O) groups is 1. The first-order chi connectivity index (χ1) is 17.6. The van der Waals surface area contributed by atoms with Crippen molar-refractivity contribution in [3.8, 4) is 17.0 Å². The highest BCUT2D eigenvalue weighted by molar-refractivity contribution is 5.83. The molecule has 4 aromatic rings. The molecule has 0 radical (unpaired) electrons. The van der Waals surface area contributed by atoms with Gasteiger partial charge >= 0.3 is 5.97 Å². The van der Waals surface area contributed by atoms with Crippen molar-refractivity contribution < 1.29 is 18.8 Å². The molecule has 1 saturated carbocycles. The fourth-order valence-electron chi connectivity index (χ4n) is 4.83. The van der Waals surface area contributed by atoms with Crippen LogP contribution >= 0.6 is 0 Å². The second-order valence-electron chi connectivity index (χ2n) is 10.9. The number of hydrogen-bond donors (Lipinski definition) is 1. The minimum Gasteiger partial charge on any atom is -0.481 e. The molecule has 7 nitrogen and oxygen atoms in total. The molecule has 37 heavy (non-hydrogen) atoms. The van der Waals surface area contributed by atoms with E-state index in [-0.39, 0.29) is 23.3 Å². The minimum absolute atomic E-state index is 0.0277. The Hall–Kier alpha value is -3.81. The van der Waals surface area contributed by atoms with Crippen molar-refractivity contribution in [1.29, 1.82) is 0 Å². The van der Waals surface area contributed by atoms with Gasteiger partial charge in [-0.25, -0.2) is 9.37 Å². The maximum absolute atomic E-state index is 13.9. The maximum atomic E-state index is 13.9. The number of aromatic nitrogens is 3. The second-order valence-corrected chi connectivity index (χ2v) is 10.9. The van der Waals surface area contributed by atoms with E-state index in [1.54, 1.807) is 18.2 Å². The fraction of sp³-hybridized carbons (Fsp3) is 0.379. The molecule has 192 valence electrons. The van der Waals surface area contributed by atoms with Gasteiger partial charge in [0.05, 0.1) is 22.3 Å². The largest absolute Gasteiger partial charge is 0.481 e. The zero-order valence-electron chi connectivity index (χ0n) is 21.2. The smallest absolute Gasteiger partial charge is 0.303 e. The maximum Gasteiger partial charge on any atom is 0.303 e. The number of aliphatic carboxylic acids is 1. The first kappa shape index (κ1) is 24.9. The van der Waals surface area contributed by atoms with Gasteiger partial charge in [-0.1, -0.05) is 32.0 Å². The summed E-state index contributed by atoms with van der Waals surface area (Å²) in [4.78, 5) is 30.1. The number of rotatable bonds is 8. The monoisotopic (exact) mass is 503 g/mol. The normalized spacial score (nSPS) is 14.7. The fourth-order valence-corrected chi connectivity index (χ4v) is 4.83. The average Bonchev–Trinajstić information content (AvgIpc) is 3.57. The van der Waals surface area contributed by atoms with Gasteiger partial charge in [0.2, 0.25) is 0 Å². The molecule has 1 fully saturated rings. The topological polar surface area (TPSA) is 98.2 Å². The van der Waals surface area contributed by atoms with Crippen LogP contribution in [0.4, 0.5) is 4.39 Å². The molecule has 2 aromatic heterocycles. The lowest BCUT2D eigenvalue weighted by Gasteiger charge is -2.32. The molecule has 5 rings (SSSR count). The van der Waals surface area contributed by atoms with Crippen molar-refractivity contribution in [2.24, 2.45) is 5.41 Å². The summed E-state index contributed by atoms with van der Waals surface area (Å²) in [6.07, 6.45) is 3.24. The van der Waals surface area contributed by atoms with Gasteiger partial charge in [-0.3, -0.25) is 14.2 Å². The summed E-state index contributed by atoms with van der Waals surface area (Å²) in [5.74, 6) is 0.118. The summed E-state index contributed by atoms with van der Waals surface area (Å²) in [5, 5.41) is 13.8. The summed E-state index contributed by atoms with van der Waals surface area (Å²) >= 11 is 0. The summed E-state index contributed by atoms with van der Waals surface area (Å²) < 4.78 is 20.9. The highest BCUT2D eigenvalue weighted by atomic mass is 19.1. The van der Waals surface area contributed by atoms with Crippen LogP contribution in [-0.2, 0) is 4.79 Å². The van der Waals surface area contributed by atoms with E-state index in [2.05, 4.69) is 5.16 Å². The Bertz CT molecular complexity index is 1510. The third-order valence-corrected chi connectivity index (χ3v) is 7.03. The molecule has 0 amide bonds. The van der Waals surface area contributed by atoms with Gasteiger partial charge in [-0.2, -0.15) is 0 Å². The van der Waals surface area contributed by atoms with E-state index in [9.17, 15) is 19.1 Å². The zero-order valence-corrected chi connectivity index (χ0v) is 21.2. The average molecular weight is 504 g/mol. The number of hydrogen-bond acceptors (Lipinski definition) is 5. The van der Waals surface area contributed by atoms with E-state index in [1.807, 2.05) is 39.0 Å². The molecule has 1 atom stereocenters. The van der Waals surface area contributed by atoms with Crippen molar-refractivity contribution in [1.82, 2.24) is 14.7 Å². The Labute approximate surface area is 213 Å². The van der Waals surface area contributed by atoms with E-state index in [4.69, 9.17) is 9.51 Å². The number of benzene rings is 2. The Morgan fingerprint density at radius 3 is 2.54 bits per heavy atom. The van der Waals surface area contributed by atoms with E-state index in [0.29, 0.717) is 46.9 Å². The van der Waals surface area contributed by atoms with Crippen molar-refractivity contribution in [2.45, 2.75) is 64.7 Å². The third-order valence-electron chi connectivity index (χ3n) is 7.03. The van der Waals surface area contributed by atoms with Crippen LogP contribution in [0.25, 0.3) is 27.9 Å². The molecule has 0 bridgehead atoms. The van der Waals surface area contributed by atoms with Crippen LogP contribution in [0.15, 0.2) is 57.8 Å². The first-order valence-electron chi connectivity index (χ1n) is 12.6. The minimum atomic E-state index is -0.864. The molecule has 8 heteroatoms. The Morgan fingerprint density at radius 2 is 1.89 bits per heavy atom. The molecule has 0 spiro atoms. The van der Waals surface area contributed by atoms with Gasteiger partial charge in [0, 0.05) is 29.9 Å². The summed E-state index contributed by atoms with van der Waals surface area (Å²) in [6.45, 7) is 6.15. The Kier molecular flexibility index (Phi) is 6.43. The molecule has 0 aliphatic heterocycles. The van der Waals surface area contributed by atoms with Crippen LogP contribution in [0.3, 0.4) is 0 Å². The van der Waals surface area contributed by atoms with Crippen LogP contribution < -0.4 is 5.56 Å². The lowest BCUT2D eigenvalue weighted by Crippen LogP contribution is -2.30. The number of carboxylic acids is 1. The summed E-state index contributed by atoms with van der Waals surface area (Å²) in [6, 6.07) is 13.1. The van der Waals surface area contributed by atoms with Gasteiger partial charge in [0.25, 0.3) is 5.56 Å². The lowest BCUT2D eigenvalue weighted by molar-refractivity contribution is -0.137. The quantitative estimate of drug-likeness (QED) is 0.297. The highest BCUT2D eigenvalue weighted by Crippen LogP contribution is 2.41. The van der Waals surface area contributed by atoms with Gasteiger partial charge in [-0.05, 0) is 67.5 Å². The third kappa shape index (κ3) is 5.19. The standard InChI is InChI=1S/C29H30FN3O4/c1-29(2,3)22(5-4-6-26(34)35)27-31-24-15-18(25-16-23(32-37-25)17-7-8-17)9-14-21(24)28(36)33(27)20-12-10-19(30)11-13-20/h9-17,22H,4-8H2,1-3H3,(H,34,35). The number of halogens is 1. The van der Waals surface area contributed by atoms with E-state index >= 15 is 0 Å². The highest BCUT2D eigenvalue weighted by Gasteiger charge is 2.32. The number of carboxylic acid groups (broad SMARTS) is 1. The van der Waals surface area contributed by atoms with Crippen molar-refractivity contribution in [3.05, 3.63) is 76.2 Å². The second kappa shape index (κ2) is 9.57. The first-order valence-corrected chi connectivity index (χ1v) is 12.6. The Balaban J connectivity index is 1.68. The Morgan fingerprint density at radius 1 is 1.16 bits per heavy atom.